The van der Waals surface area contributed by atoms with Gasteiger partial charge in [-0.15, -0.1) is 10.2 Å². The molecule has 1 unspecified atom stereocenters. The molecule has 4 aromatic carbocycles. The van der Waals surface area contributed by atoms with Gasteiger partial charge < -0.3 is 29.4 Å². The van der Waals surface area contributed by atoms with Gasteiger partial charge >= 0.3 is 0 Å². The van der Waals surface area contributed by atoms with Crippen LogP contribution in [-0.4, -0.2) is 64.2 Å². The number of methoxy groups -OCH3 is 2. The summed E-state index contributed by atoms with van der Waals surface area (Å²) in [5, 5.41) is 23.6. The molecule has 0 amide bonds. The summed E-state index contributed by atoms with van der Waals surface area (Å²) >= 11 is 0. The van der Waals surface area contributed by atoms with Crippen molar-refractivity contribution in [3.63, 3.8) is 0 Å². The van der Waals surface area contributed by atoms with Crippen molar-refractivity contribution in [2.45, 2.75) is 44.3 Å². The minimum absolute atomic E-state index is 0.00663. The number of anilines is 1. The normalized spacial score (nSPS) is 17.4. The monoisotopic (exact) mass is 729 g/mol. The van der Waals surface area contributed by atoms with E-state index in [0.717, 1.165) is 16.7 Å². The van der Waals surface area contributed by atoms with Crippen molar-refractivity contribution in [1.82, 2.24) is 19.5 Å². The van der Waals surface area contributed by atoms with Crippen LogP contribution in [0.15, 0.2) is 124 Å². The predicted molar refractivity (Wildman–Crippen MR) is 205 cm³/mol. The Balaban J connectivity index is 1.27. The van der Waals surface area contributed by atoms with Gasteiger partial charge in [-0.3, -0.25) is 14.3 Å². The van der Waals surface area contributed by atoms with Gasteiger partial charge in [0.15, 0.2) is 11.2 Å². The maximum Gasteiger partial charge on any atom is 0.280 e. The molecule has 0 radical (unpaired) electrons. The molecule has 3 atom stereocenters. The number of azo groups is 1. The standard InChI is InChI=1S/C41H43N7O6/c1-26(2)24-42-39-44-37-36(38(50)45-39)43-40(47-46-30-13-9-6-10-14-30)48(37)35-23-33(49)34(54-35)25-53-41(27-11-7-5-8-12-27,28-15-19-31(51-3)20-16-28)29-17-21-32(52-4)22-18-29/h5-22,26,33-35,49H,23-25H2,1-4H3,(H2,42,44,45,50)/t33?,34-,35-/m1/s1. The number of benzene rings is 4. The van der Waals surface area contributed by atoms with E-state index in [1.54, 1.807) is 18.8 Å². The van der Waals surface area contributed by atoms with Crippen molar-refractivity contribution in [3.05, 3.63) is 136 Å². The molecule has 2 aromatic heterocycles. The van der Waals surface area contributed by atoms with Crippen molar-refractivity contribution < 1.29 is 24.1 Å². The van der Waals surface area contributed by atoms with Crippen molar-refractivity contribution in [1.29, 1.82) is 0 Å². The zero-order valence-electron chi connectivity index (χ0n) is 30.5. The van der Waals surface area contributed by atoms with E-state index in [9.17, 15) is 9.90 Å². The maximum absolute atomic E-state index is 13.3. The first-order chi connectivity index (χ1) is 26.3. The molecule has 54 heavy (non-hydrogen) atoms. The number of hydrogen-bond donors (Lipinski definition) is 3. The van der Waals surface area contributed by atoms with E-state index in [4.69, 9.17) is 23.9 Å². The second-order valence-electron chi connectivity index (χ2n) is 13.4. The summed E-state index contributed by atoms with van der Waals surface area (Å²) in [6, 6.07) is 34.6. The molecule has 7 rings (SSSR count). The number of hydrogen-bond acceptors (Lipinski definition) is 11. The van der Waals surface area contributed by atoms with E-state index >= 15 is 0 Å². The molecule has 13 nitrogen and oxygen atoms in total. The van der Waals surface area contributed by atoms with Crippen LogP contribution in [0, 0.1) is 5.92 Å². The first-order valence-corrected chi connectivity index (χ1v) is 17.8. The quantitative estimate of drug-likeness (QED) is 0.0774. The maximum atomic E-state index is 13.3. The number of aromatic nitrogens is 4. The molecule has 0 spiro atoms. The Morgan fingerprint density at radius 2 is 1.46 bits per heavy atom. The van der Waals surface area contributed by atoms with Gasteiger partial charge in [0.1, 0.15) is 29.4 Å². The molecule has 1 aliphatic heterocycles. The molecule has 1 aliphatic rings. The molecule has 3 heterocycles. The van der Waals surface area contributed by atoms with Crippen molar-refractivity contribution in [2.24, 2.45) is 16.1 Å². The molecule has 3 N–H and O–H groups in total. The van der Waals surface area contributed by atoms with Gasteiger partial charge in [-0.05, 0) is 59.0 Å². The lowest BCUT2D eigenvalue weighted by atomic mass is 9.80. The Morgan fingerprint density at radius 1 is 0.870 bits per heavy atom. The van der Waals surface area contributed by atoms with Crippen LogP contribution in [0.25, 0.3) is 11.2 Å². The highest BCUT2D eigenvalue weighted by Gasteiger charge is 2.43. The number of nitrogens with one attached hydrogen (secondary N) is 2. The summed E-state index contributed by atoms with van der Waals surface area (Å²) in [5.41, 5.74) is 1.93. The number of aromatic amines is 1. The molecule has 6 aromatic rings. The molecule has 0 saturated carbocycles. The summed E-state index contributed by atoms with van der Waals surface area (Å²) in [4.78, 5) is 25.4. The minimum Gasteiger partial charge on any atom is -0.497 e. The first kappa shape index (κ1) is 36.5. The summed E-state index contributed by atoms with van der Waals surface area (Å²) in [5.74, 6) is 2.12. The fraction of sp³-hybridized carbons (Fsp3) is 0.293. The number of aliphatic hydroxyl groups excluding tert-OH is 1. The fourth-order valence-corrected chi connectivity index (χ4v) is 6.59. The lowest BCUT2D eigenvalue weighted by Gasteiger charge is -2.37. The Hall–Kier alpha value is -5.89. The van der Waals surface area contributed by atoms with Crippen LogP contribution >= 0.6 is 0 Å². The minimum atomic E-state index is -1.12. The lowest BCUT2D eigenvalue weighted by Crippen LogP contribution is -2.38. The van der Waals surface area contributed by atoms with Gasteiger partial charge in [-0.2, -0.15) is 4.98 Å². The van der Waals surface area contributed by atoms with Crippen LogP contribution in [0.2, 0.25) is 0 Å². The number of H-pyrrole nitrogens is 1. The number of nitrogens with zero attached hydrogens (tertiary/aromatic N) is 5. The highest BCUT2D eigenvalue weighted by molar-refractivity contribution is 5.74. The molecular weight excluding hydrogens is 686 g/mol. The third kappa shape index (κ3) is 7.47. The summed E-state index contributed by atoms with van der Waals surface area (Å²) in [6.45, 7) is 4.70. The molecule has 13 heteroatoms. The summed E-state index contributed by atoms with van der Waals surface area (Å²) in [6.07, 6.45) is -2.39. The van der Waals surface area contributed by atoms with Crippen LogP contribution < -0.4 is 20.3 Å². The highest BCUT2D eigenvalue weighted by Crippen LogP contribution is 2.43. The van der Waals surface area contributed by atoms with Crippen LogP contribution in [0.3, 0.4) is 0 Å². The number of ether oxygens (including phenoxy) is 4. The topological polar surface area (TPSA) is 157 Å². The summed E-state index contributed by atoms with van der Waals surface area (Å²) < 4.78 is 26.3. The van der Waals surface area contributed by atoms with Crippen LogP contribution in [0.1, 0.15) is 43.2 Å². The van der Waals surface area contributed by atoms with Crippen molar-refractivity contribution >= 4 is 28.7 Å². The first-order valence-electron chi connectivity index (χ1n) is 17.8. The van der Waals surface area contributed by atoms with Crippen molar-refractivity contribution in [2.75, 3.05) is 32.7 Å². The molecule has 0 aliphatic carbocycles. The lowest BCUT2D eigenvalue weighted by molar-refractivity contribution is -0.0928. The predicted octanol–water partition coefficient (Wildman–Crippen LogP) is 7.28. The zero-order chi connectivity index (χ0) is 37.7. The molecule has 1 saturated heterocycles. The Morgan fingerprint density at radius 3 is 2.06 bits per heavy atom. The molecule has 278 valence electrons. The number of fused-ring (bicyclic) bond motifs is 1. The molecule has 1 fully saturated rings. The van der Waals surface area contributed by atoms with Crippen molar-refractivity contribution in [3.8, 4) is 11.5 Å². The van der Waals surface area contributed by atoms with Gasteiger partial charge in [-0.25, -0.2) is 4.98 Å². The average molecular weight is 730 g/mol. The fourth-order valence-electron chi connectivity index (χ4n) is 6.59. The summed E-state index contributed by atoms with van der Waals surface area (Å²) in [7, 11) is 3.25. The molecular formula is C41H43N7O6. The van der Waals surface area contributed by atoms with E-state index < -0.39 is 29.6 Å². The molecule has 0 bridgehead atoms. The Bertz CT molecular complexity index is 2190. The van der Waals surface area contributed by atoms with Gasteiger partial charge in [0.25, 0.3) is 11.5 Å². The van der Waals surface area contributed by atoms with E-state index in [2.05, 4.69) is 39.4 Å². The van der Waals surface area contributed by atoms with Gasteiger partial charge in [-0.1, -0.05) is 86.6 Å². The van der Waals surface area contributed by atoms with Crippen LogP contribution in [0.4, 0.5) is 17.6 Å². The van der Waals surface area contributed by atoms with Gasteiger partial charge in [0.05, 0.1) is 32.6 Å². The zero-order valence-corrected chi connectivity index (χ0v) is 30.5. The number of aliphatic hydroxyl groups is 1. The second kappa shape index (κ2) is 16.0. The third-order valence-corrected chi connectivity index (χ3v) is 9.35. The SMILES string of the molecule is COc1ccc(C(OC[C@H]2O[C@@H](n3c(N=Nc4ccccc4)nc4c(=O)[nH]c(NCC(C)C)nc43)CC2O)(c2ccccc2)c2ccc(OC)cc2)cc1. The van der Waals surface area contributed by atoms with E-state index in [1.807, 2.05) is 109 Å². The second-order valence-corrected chi connectivity index (χ2v) is 13.4. The van der Waals surface area contributed by atoms with E-state index in [-0.39, 0.29) is 30.1 Å². The Labute approximate surface area is 312 Å². The van der Waals surface area contributed by atoms with E-state index in [1.165, 1.54) is 0 Å². The largest absolute Gasteiger partial charge is 0.497 e. The van der Waals surface area contributed by atoms with E-state index in [0.29, 0.717) is 35.6 Å². The third-order valence-electron chi connectivity index (χ3n) is 9.35. The van der Waals surface area contributed by atoms with Crippen LogP contribution in [-0.2, 0) is 15.1 Å². The van der Waals surface area contributed by atoms with Gasteiger partial charge in [0.2, 0.25) is 5.95 Å². The number of imidazole rings is 1. The van der Waals surface area contributed by atoms with Crippen LogP contribution in [0.5, 0.6) is 11.5 Å². The number of rotatable bonds is 14. The van der Waals surface area contributed by atoms with Gasteiger partial charge in [0, 0.05) is 13.0 Å². The average Bonchev–Trinajstić information content (AvgIpc) is 3.77. The Kier molecular flexibility index (Phi) is 10.8. The highest BCUT2D eigenvalue weighted by atomic mass is 16.6. The smallest absolute Gasteiger partial charge is 0.280 e.